The van der Waals surface area contributed by atoms with Crippen molar-refractivity contribution in [3.8, 4) is 22.8 Å². The van der Waals surface area contributed by atoms with Gasteiger partial charge in [0.25, 0.3) is 0 Å². The third kappa shape index (κ3) is 4.68. The van der Waals surface area contributed by atoms with Gasteiger partial charge in [-0.1, -0.05) is 36.0 Å². The molecular formula is C26H25N5O2S. The largest absolute Gasteiger partial charge is 0.497 e. The van der Waals surface area contributed by atoms with Crippen molar-refractivity contribution in [2.75, 3.05) is 12.9 Å². The van der Waals surface area contributed by atoms with Crippen molar-refractivity contribution in [1.82, 2.24) is 25.1 Å². The van der Waals surface area contributed by atoms with Gasteiger partial charge in [0, 0.05) is 23.6 Å². The molecule has 0 saturated heterocycles. The molecule has 0 radical (unpaired) electrons. The Labute approximate surface area is 202 Å². The molecule has 5 rings (SSSR count). The van der Waals surface area contributed by atoms with Crippen LogP contribution in [0.1, 0.15) is 30.0 Å². The highest BCUT2D eigenvalue weighted by Gasteiger charge is 2.22. The van der Waals surface area contributed by atoms with Crippen LogP contribution in [0.5, 0.6) is 5.75 Å². The number of thioether (sulfide) groups is 1. The first-order valence-corrected chi connectivity index (χ1v) is 12.2. The number of nitrogens with one attached hydrogen (secondary N) is 1. The van der Waals surface area contributed by atoms with Gasteiger partial charge in [0.1, 0.15) is 5.75 Å². The summed E-state index contributed by atoms with van der Waals surface area (Å²) in [6, 6.07) is 19.9. The molecule has 0 aliphatic heterocycles. The van der Waals surface area contributed by atoms with Crippen LogP contribution in [0.15, 0.2) is 78.2 Å². The summed E-state index contributed by atoms with van der Waals surface area (Å²) in [6.45, 7) is 0. The molecule has 2 aromatic heterocycles. The maximum absolute atomic E-state index is 12.9. The molecule has 0 spiro atoms. The molecule has 0 saturated carbocycles. The standard InChI is InChI=1S/C26H25N5O2S/c1-33-21-11-9-20(10-12-21)31-25(19-13-15-27-16-14-19)29-30-26(31)34-17-24(32)28-23-8-4-6-18-5-2-3-7-22(18)23/h2-3,5,7,9-16,23H,4,6,8,17H2,1H3,(H,28,32)/t23-/m1/s1. The molecule has 7 nitrogen and oxygen atoms in total. The van der Waals surface area contributed by atoms with Crippen molar-refractivity contribution in [3.63, 3.8) is 0 Å². The third-order valence-electron chi connectivity index (χ3n) is 5.94. The highest BCUT2D eigenvalue weighted by Crippen LogP contribution is 2.31. The maximum Gasteiger partial charge on any atom is 0.230 e. The lowest BCUT2D eigenvalue weighted by atomic mass is 9.88. The Kier molecular flexibility index (Phi) is 6.58. The number of ether oxygens (including phenoxy) is 1. The molecule has 8 heteroatoms. The fourth-order valence-electron chi connectivity index (χ4n) is 4.29. The fraction of sp³-hybridized carbons (Fsp3) is 0.231. The fourth-order valence-corrected chi connectivity index (χ4v) is 5.05. The lowest BCUT2D eigenvalue weighted by Gasteiger charge is -2.26. The lowest BCUT2D eigenvalue weighted by Crippen LogP contribution is -2.32. The number of rotatable bonds is 7. The van der Waals surface area contributed by atoms with E-state index in [0.717, 1.165) is 36.3 Å². The molecule has 1 amide bonds. The van der Waals surface area contributed by atoms with Gasteiger partial charge in [0.15, 0.2) is 11.0 Å². The minimum Gasteiger partial charge on any atom is -0.497 e. The number of carbonyl (C=O) groups excluding carboxylic acids is 1. The summed E-state index contributed by atoms with van der Waals surface area (Å²) >= 11 is 1.38. The van der Waals surface area contributed by atoms with Crippen molar-refractivity contribution < 1.29 is 9.53 Å². The van der Waals surface area contributed by atoms with E-state index in [-0.39, 0.29) is 17.7 Å². The quantitative estimate of drug-likeness (QED) is 0.396. The van der Waals surface area contributed by atoms with E-state index in [1.807, 2.05) is 47.0 Å². The van der Waals surface area contributed by atoms with Gasteiger partial charge in [0.05, 0.1) is 18.9 Å². The van der Waals surface area contributed by atoms with Gasteiger partial charge >= 0.3 is 0 Å². The van der Waals surface area contributed by atoms with Crippen LogP contribution in [-0.2, 0) is 11.2 Å². The first-order chi connectivity index (χ1) is 16.7. The van der Waals surface area contributed by atoms with E-state index in [2.05, 4.69) is 38.7 Å². The van der Waals surface area contributed by atoms with Gasteiger partial charge in [-0.3, -0.25) is 14.3 Å². The Morgan fingerprint density at radius 3 is 2.68 bits per heavy atom. The predicted octanol–water partition coefficient (Wildman–Crippen LogP) is 4.62. The van der Waals surface area contributed by atoms with Crippen molar-refractivity contribution in [3.05, 3.63) is 84.2 Å². The number of benzene rings is 2. The van der Waals surface area contributed by atoms with Crippen LogP contribution in [0, 0.1) is 0 Å². The number of amides is 1. The normalized spacial score (nSPS) is 14.9. The minimum atomic E-state index is -0.0126. The zero-order valence-electron chi connectivity index (χ0n) is 18.8. The molecule has 172 valence electrons. The number of aryl methyl sites for hydroxylation is 1. The lowest BCUT2D eigenvalue weighted by molar-refractivity contribution is -0.119. The summed E-state index contributed by atoms with van der Waals surface area (Å²) in [6.07, 6.45) is 6.56. The first kappa shape index (κ1) is 22.2. The van der Waals surface area contributed by atoms with Crippen LogP contribution in [0.3, 0.4) is 0 Å². The van der Waals surface area contributed by atoms with E-state index in [1.165, 1.54) is 22.9 Å². The number of nitrogens with zero attached hydrogens (tertiary/aromatic N) is 4. The Morgan fingerprint density at radius 1 is 1.09 bits per heavy atom. The number of pyridine rings is 1. The number of methoxy groups -OCH3 is 1. The molecule has 0 bridgehead atoms. The SMILES string of the molecule is COc1ccc(-n2c(SCC(=O)N[C@@H]3CCCc4ccccc43)nnc2-c2ccncc2)cc1. The van der Waals surface area contributed by atoms with Crippen LogP contribution in [0.2, 0.25) is 0 Å². The van der Waals surface area contributed by atoms with Crippen molar-refractivity contribution in [2.45, 2.75) is 30.5 Å². The molecule has 2 aromatic carbocycles. The third-order valence-corrected chi connectivity index (χ3v) is 6.87. The molecule has 1 aliphatic rings. The molecule has 1 N–H and O–H groups in total. The molecule has 2 heterocycles. The van der Waals surface area contributed by atoms with Crippen LogP contribution in [0.25, 0.3) is 17.1 Å². The van der Waals surface area contributed by atoms with Crippen LogP contribution >= 0.6 is 11.8 Å². The number of fused-ring (bicyclic) bond motifs is 1. The number of hydrogen-bond donors (Lipinski definition) is 1. The monoisotopic (exact) mass is 471 g/mol. The Morgan fingerprint density at radius 2 is 1.88 bits per heavy atom. The first-order valence-electron chi connectivity index (χ1n) is 11.2. The summed E-state index contributed by atoms with van der Waals surface area (Å²) < 4.78 is 7.26. The Balaban J connectivity index is 1.36. The Bertz CT molecular complexity index is 1270. The summed E-state index contributed by atoms with van der Waals surface area (Å²) in [5.41, 5.74) is 4.34. The second-order valence-corrected chi connectivity index (χ2v) is 9.02. The average molecular weight is 472 g/mol. The van der Waals surface area contributed by atoms with E-state index in [1.54, 1.807) is 19.5 Å². The molecular weight excluding hydrogens is 446 g/mol. The van der Waals surface area contributed by atoms with Gasteiger partial charge in [-0.2, -0.15) is 0 Å². The summed E-state index contributed by atoms with van der Waals surface area (Å²) in [5.74, 6) is 1.70. The average Bonchev–Trinajstić information content (AvgIpc) is 3.32. The second kappa shape index (κ2) is 10.1. The van der Waals surface area contributed by atoms with E-state index in [4.69, 9.17) is 4.74 Å². The molecule has 34 heavy (non-hydrogen) atoms. The van der Waals surface area contributed by atoms with Gasteiger partial charge in [-0.15, -0.1) is 10.2 Å². The summed E-state index contributed by atoms with van der Waals surface area (Å²) in [4.78, 5) is 17.0. The molecule has 1 atom stereocenters. The zero-order chi connectivity index (χ0) is 23.3. The van der Waals surface area contributed by atoms with Crippen LogP contribution < -0.4 is 10.1 Å². The molecule has 0 unspecified atom stereocenters. The summed E-state index contributed by atoms with van der Waals surface area (Å²) in [7, 11) is 1.64. The van der Waals surface area contributed by atoms with Gasteiger partial charge in [-0.25, -0.2) is 0 Å². The zero-order valence-corrected chi connectivity index (χ0v) is 19.7. The van der Waals surface area contributed by atoms with Crippen molar-refractivity contribution >= 4 is 17.7 Å². The number of aromatic nitrogens is 4. The number of hydrogen-bond acceptors (Lipinski definition) is 6. The highest BCUT2D eigenvalue weighted by molar-refractivity contribution is 7.99. The van der Waals surface area contributed by atoms with Crippen molar-refractivity contribution in [1.29, 1.82) is 0 Å². The molecule has 4 aromatic rings. The molecule has 0 fully saturated rings. The second-order valence-electron chi connectivity index (χ2n) is 8.08. The van der Waals surface area contributed by atoms with E-state index in [9.17, 15) is 4.79 Å². The topological polar surface area (TPSA) is 81.9 Å². The van der Waals surface area contributed by atoms with E-state index in [0.29, 0.717) is 11.0 Å². The molecule has 1 aliphatic carbocycles. The van der Waals surface area contributed by atoms with Gasteiger partial charge in [-0.05, 0) is 66.8 Å². The minimum absolute atomic E-state index is 0.0126. The Hall–Kier alpha value is -3.65. The van der Waals surface area contributed by atoms with E-state index >= 15 is 0 Å². The van der Waals surface area contributed by atoms with E-state index < -0.39 is 0 Å². The smallest absolute Gasteiger partial charge is 0.230 e. The number of carbonyl (C=O) groups is 1. The van der Waals surface area contributed by atoms with Crippen LogP contribution in [-0.4, -0.2) is 38.5 Å². The van der Waals surface area contributed by atoms with Gasteiger partial charge in [0.2, 0.25) is 5.91 Å². The maximum atomic E-state index is 12.9. The predicted molar refractivity (Wildman–Crippen MR) is 132 cm³/mol. The van der Waals surface area contributed by atoms with Gasteiger partial charge < -0.3 is 10.1 Å². The van der Waals surface area contributed by atoms with Crippen molar-refractivity contribution in [2.24, 2.45) is 0 Å². The van der Waals surface area contributed by atoms with Crippen LogP contribution in [0.4, 0.5) is 0 Å². The summed E-state index contributed by atoms with van der Waals surface area (Å²) in [5, 5.41) is 12.7. The highest BCUT2D eigenvalue weighted by atomic mass is 32.2.